The van der Waals surface area contributed by atoms with Crippen LogP contribution in [-0.4, -0.2) is 121 Å². The third-order valence-corrected chi connectivity index (χ3v) is 8.53. The first-order valence-electron chi connectivity index (χ1n) is 17.1. The van der Waals surface area contributed by atoms with Crippen molar-refractivity contribution in [1.29, 1.82) is 0 Å². The Bertz CT molecular complexity index is 1600. The van der Waals surface area contributed by atoms with Gasteiger partial charge >= 0.3 is 11.9 Å². The van der Waals surface area contributed by atoms with Gasteiger partial charge in [-0.1, -0.05) is 25.3 Å². The quantitative estimate of drug-likeness (QED) is 0.0568. The number of rotatable bonds is 27. The Hall–Kier alpha value is -3.96. The Morgan fingerprint density at radius 3 is 1.88 bits per heavy atom. The molecular weight excluding hydrogens is 698 g/mol. The SMILES string of the molecule is C=CC(=O)OCCOCCOC(C)OCCN(CCOC(C)OCCOCCOC(=O)C=C)C(=O)COc1ccc2sc3c(c(=O)c2c1)=CCCC=3. The zero-order valence-electron chi connectivity index (χ0n) is 29.9. The molecule has 0 radical (unpaired) electrons. The number of carbonyl (C=O) groups is 3. The van der Waals surface area contributed by atoms with Crippen molar-refractivity contribution in [2.45, 2.75) is 39.3 Å². The molecule has 3 rings (SSSR count). The highest BCUT2D eigenvalue weighted by atomic mass is 32.1. The highest BCUT2D eigenvalue weighted by molar-refractivity contribution is 7.16. The summed E-state index contributed by atoms with van der Waals surface area (Å²) in [4.78, 5) is 50.2. The van der Waals surface area contributed by atoms with Gasteiger partial charge in [-0.15, -0.1) is 11.3 Å². The van der Waals surface area contributed by atoms with Crippen LogP contribution in [0.5, 0.6) is 5.75 Å². The molecule has 52 heavy (non-hydrogen) atoms. The summed E-state index contributed by atoms with van der Waals surface area (Å²) in [7, 11) is 0. The summed E-state index contributed by atoms with van der Waals surface area (Å²) in [5.41, 5.74) is -0.0405. The van der Waals surface area contributed by atoms with E-state index in [1.165, 1.54) is 0 Å². The number of hydrogen-bond acceptors (Lipinski definition) is 14. The van der Waals surface area contributed by atoms with E-state index in [2.05, 4.69) is 19.2 Å². The number of esters is 2. The van der Waals surface area contributed by atoms with Crippen LogP contribution in [0.25, 0.3) is 22.2 Å². The van der Waals surface area contributed by atoms with E-state index >= 15 is 0 Å². The molecule has 1 aliphatic carbocycles. The Labute approximate surface area is 307 Å². The van der Waals surface area contributed by atoms with Crippen molar-refractivity contribution in [3.63, 3.8) is 0 Å². The molecule has 2 atom stereocenters. The summed E-state index contributed by atoms with van der Waals surface area (Å²) in [5, 5.41) is 1.28. The van der Waals surface area contributed by atoms with Crippen LogP contribution in [0.4, 0.5) is 0 Å². The summed E-state index contributed by atoms with van der Waals surface area (Å²) >= 11 is 1.57. The third-order valence-electron chi connectivity index (χ3n) is 7.35. The fraction of sp³-hybridized carbons (Fsp3) is 0.514. The van der Waals surface area contributed by atoms with E-state index in [9.17, 15) is 19.2 Å². The zero-order valence-corrected chi connectivity index (χ0v) is 30.7. The number of hydrogen-bond donors (Lipinski definition) is 0. The monoisotopic (exact) mass is 747 g/mol. The fourth-order valence-corrected chi connectivity index (χ4v) is 5.83. The molecule has 0 spiro atoms. The molecule has 0 N–H and O–H groups in total. The molecular formula is C37H49NO13S. The second-order valence-corrected chi connectivity index (χ2v) is 12.2. The van der Waals surface area contributed by atoms with Gasteiger partial charge in [0.1, 0.15) is 19.0 Å². The molecule has 0 aliphatic heterocycles. The van der Waals surface area contributed by atoms with Crippen LogP contribution in [0.1, 0.15) is 26.7 Å². The van der Waals surface area contributed by atoms with Gasteiger partial charge in [0.15, 0.2) is 24.6 Å². The third kappa shape index (κ3) is 15.7. The number of nitrogens with zero attached hydrogens (tertiary/aromatic N) is 1. The van der Waals surface area contributed by atoms with Crippen LogP contribution in [0.3, 0.4) is 0 Å². The molecule has 1 heterocycles. The summed E-state index contributed by atoms with van der Waals surface area (Å²) in [5.74, 6) is -0.906. The maximum atomic E-state index is 13.4. The number of benzene rings is 1. The second kappa shape index (κ2) is 24.3. The van der Waals surface area contributed by atoms with Crippen molar-refractivity contribution in [2.24, 2.45) is 0 Å². The molecule has 2 aromatic rings. The first kappa shape index (κ1) is 42.5. The van der Waals surface area contributed by atoms with E-state index < -0.39 is 24.5 Å². The first-order chi connectivity index (χ1) is 25.2. The minimum atomic E-state index is -0.572. The molecule has 2 unspecified atom stereocenters. The first-order valence-corrected chi connectivity index (χ1v) is 17.9. The van der Waals surface area contributed by atoms with Crippen molar-refractivity contribution in [3.05, 3.63) is 63.5 Å². The lowest BCUT2D eigenvalue weighted by Crippen LogP contribution is -2.40. The molecule has 1 aliphatic rings. The molecule has 1 aromatic carbocycles. The van der Waals surface area contributed by atoms with Crippen LogP contribution in [-0.2, 0) is 52.3 Å². The lowest BCUT2D eigenvalue weighted by Gasteiger charge is -2.24. The van der Waals surface area contributed by atoms with E-state index in [-0.39, 0.29) is 97.1 Å². The molecule has 286 valence electrons. The Balaban J connectivity index is 1.47. The van der Waals surface area contributed by atoms with Gasteiger partial charge in [-0.3, -0.25) is 9.59 Å². The van der Waals surface area contributed by atoms with Gasteiger partial charge < -0.3 is 47.5 Å². The maximum Gasteiger partial charge on any atom is 0.330 e. The average Bonchev–Trinajstić information content (AvgIpc) is 3.15. The van der Waals surface area contributed by atoms with Gasteiger partial charge in [-0.2, -0.15) is 0 Å². The zero-order chi connectivity index (χ0) is 37.6. The minimum Gasteiger partial charge on any atom is -0.484 e. The van der Waals surface area contributed by atoms with Crippen LogP contribution < -0.4 is 19.9 Å². The Kier molecular flexibility index (Phi) is 19.8. The lowest BCUT2D eigenvalue weighted by atomic mass is 10.1. The van der Waals surface area contributed by atoms with Crippen LogP contribution in [0.2, 0.25) is 0 Å². The van der Waals surface area contributed by atoms with E-state index in [1.54, 1.807) is 42.2 Å². The summed E-state index contributed by atoms with van der Waals surface area (Å²) < 4.78 is 50.9. The van der Waals surface area contributed by atoms with Gasteiger partial charge in [-0.05, 0) is 44.9 Å². The highest BCUT2D eigenvalue weighted by Crippen LogP contribution is 2.20. The lowest BCUT2D eigenvalue weighted by molar-refractivity contribution is -0.156. The van der Waals surface area contributed by atoms with E-state index in [0.717, 1.165) is 39.4 Å². The van der Waals surface area contributed by atoms with Crippen molar-refractivity contribution >= 4 is 51.4 Å². The van der Waals surface area contributed by atoms with Crippen LogP contribution in [0.15, 0.2) is 48.3 Å². The molecule has 0 saturated carbocycles. The van der Waals surface area contributed by atoms with E-state index in [0.29, 0.717) is 11.1 Å². The number of amides is 1. The fourth-order valence-electron chi connectivity index (χ4n) is 4.70. The summed E-state index contributed by atoms with van der Waals surface area (Å²) in [6.45, 7) is 12.4. The summed E-state index contributed by atoms with van der Waals surface area (Å²) in [6.07, 6.45) is 6.85. The normalized spacial score (nSPS) is 13.2. The van der Waals surface area contributed by atoms with Crippen molar-refractivity contribution in [1.82, 2.24) is 4.90 Å². The number of fused-ring (bicyclic) bond motifs is 2. The Morgan fingerprint density at radius 1 is 0.769 bits per heavy atom. The van der Waals surface area contributed by atoms with Crippen LogP contribution >= 0.6 is 11.3 Å². The average molecular weight is 748 g/mol. The standard InChI is InChI=1S/C37H49NO13S/c1-5-35(40)49-23-19-43-17-21-47-27(3)45-15-13-38(14-16-46-28(4)48-22-18-44-20-24-50-36(41)6-2)34(39)26-51-29-11-12-33-31(25-29)37(42)30-9-7-8-10-32(30)52-33/h5-6,9-12,25,27-28H,1-2,7-8,13-24,26H2,3-4H3. The van der Waals surface area contributed by atoms with Gasteiger partial charge in [-0.25, -0.2) is 9.59 Å². The molecule has 0 saturated heterocycles. The van der Waals surface area contributed by atoms with Gasteiger partial charge in [0, 0.05) is 45.1 Å². The summed E-state index contributed by atoms with van der Waals surface area (Å²) in [6, 6.07) is 5.29. The maximum absolute atomic E-state index is 13.4. The predicted octanol–water partition coefficient (Wildman–Crippen LogP) is 2.07. The van der Waals surface area contributed by atoms with E-state index in [4.69, 9.17) is 42.6 Å². The topological polar surface area (TPSA) is 155 Å². The van der Waals surface area contributed by atoms with Crippen molar-refractivity contribution in [2.75, 3.05) is 85.8 Å². The molecule has 14 nitrogen and oxygen atoms in total. The molecule has 1 amide bonds. The predicted molar refractivity (Wildman–Crippen MR) is 194 cm³/mol. The smallest absolute Gasteiger partial charge is 0.330 e. The van der Waals surface area contributed by atoms with Gasteiger partial charge in [0.2, 0.25) is 0 Å². The Morgan fingerprint density at radius 2 is 1.31 bits per heavy atom. The van der Waals surface area contributed by atoms with Gasteiger partial charge in [0.25, 0.3) is 5.91 Å². The van der Waals surface area contributed by atoms with Crippen LogP contribution in [0, 0.1) is 0 Å². The number of carbonyl (C=O) groups excluding carboxylic acids is 3. The molecule has 0 fully saturated rings. The molecule has 15 heteroatoms. The van der Waals surface area contributed by atoms with Crippen molar-refractivity contribution in [3.8, 4) is 5.75 Å². The minimum absolute atomic E-state index is 0.0405. The van der Waals surface area contributed by atoms with E-state index in [1.807, 2.05) is 12.1 Å². The largest absolute Gasteiger partial charge is 0.484 e. The van der Waals surface area contributed by atoms with Crippen molar-refractivity contribution < 1.29 is 57.0 Å². The second-order valence-electron chi connectivity index (χ2n) is 11.1. The molecule has 0 bridgehead atoms. The number of ether oxygens (including phenoxy) is 9. The van der Waals surface area contributed by atoms with Gasteiger partial charge in [0.05, 0.1) is 52.9 Å². The molecule has 1 aromatic heterocycles. The highest BCUT2D eigenvalue weighted by Gasteiger charge is 2.17.